The first kappa shape index (κ1) is 17.9. The molecule has 25 heavy (non-hydrogen) atoms. The van der Waals surface area contributed by atoms with Crippen LogP contribution in [0.25, 0.3) is 0 Å². The van der Waals surface area contributed by atoms with E-state index in [1.54, 1.807) is 20.3 Å². The van der Waals surface area contributed by atoms with Gasteiger partial charge >= 0.3 is 6.03 Å². The molecule has 0 aromatic heterocycles. The number of amides is 2. The highest BCUT2D eigenvalue weighted by atomic mass is 16.5. The number of urea groups is 1. The summed E-state index contributed by atoms with van der Waals surface area (Å²) < 4.78 is 10.6. The molecule has 2 fully saturated rings. The second-order valence-corrected chi connectivity index (χ2v) is 6.85. The number of anilines is 1. The molecule has 3 rings (SSSR count). The lowest BCUT2D eigenvalue weighted by Crippen LogP contribution is -2.46. The molecule has 2 heterocycles. The maximum atomic E-state index is 12.8. The monoisotopic (exact) mass is 347 g/mol. The van der Waals surface area contributed by atoms with Crippen molar-refractivity contribution in [2.45, 2.75) is 38.1 Å². The number of hydrogen-bond acceptors (Lipinski definition) is 4. The molecule has 1 aromatic rings. The zero-order valence-electron chi connectivity index (χ0n) is 15.3. The molecule has 1 N–H and O–H groups in total. The van der Waals surface area contributed by atoms with Gasteiger partial charge in [-0.25, -0.2) is 4.79 Å². The number of ether oxygens (including phenoxy) is 2. The molecule has 0 bridgehead atoms. The summed E-state index contributed by atoms with van der Waals surface area (Å²) >= 11 is 0. The van der Waals surface area contributed by atoms with Gasteiger partial charge in [-0.05, 0) is 50.9 Å². The van der Waals surface area contributed by atoms with Gasteiger partial charge in [-0.2, -0.15) is 0 Å². The van der Waals surface area contributed by atoms with Crippen LogP contribution in [0.5, 0.6) is 11.5 Å². The van der Waals surface area contributed by atoms with Crippen LogP contribution in [0.15, 0.2) is 18.2 Å². The molecule has 0 spiro atoms. The molecule has 2 amide bonds. The molecule has 6 heteroatoms. The number of methoxy groups -OCH3 is 2. The van der Waals surface area contributed by atoms with Crippen LogP contribution in [0.1, 0.15) is 32.1 Å². The fourth-order valence-corrected chi connectivity index (χ4v) is 3.83. The fraction of sp³-hybridized carbons (Fsp3) is 0.632. The van der Waals surface area contributed by atoms with Gasteiger partial charge in [0.05, 0.1) is 19.9 Å². The van der Waals surface area contributed by atoms with Gasteiger partial charge in [0.15, 0.2) is 0 Å². The van der Waals surface area contributed by atoms with Gasteiger partial charge < -0.3 is 24.6 Å². The van der Waals surface area contributed by atoms with Gasteiger partial charge in [-0.15, -0.1) is 0 Å². The highest BCUT2D eigenvalue weighted by Gasteiger charge is 2.31. The van der Waals surface area contributed by atoms with Crippen molar-refractivity contribution in [3.8, 4) is 11.5 Å². The van der Waals surface area contributed by atoms with Crippen molar-refractivity contribution in [3.05, 3.63) is 18.2 Å². The zero-order valence-corrected chi connectivity index (χ0v) is 15.3. The summed E-state index contributed by atoms with van der Waals surface area (Å²) in [7, 11) is 3.22. The smallest absolute Gasteiger partial charge is 0.322 e. The number of nitrogens with zero attached hydrogens (tertiary/aromatic N) is 2. The summed E-state index contributed by atoms with van der Waals surface area (Å²) in [6.07, 6.45) is 6.04. The van der Waals surface area contributed by atoms with Gasteiger partial charge in [0.1, 0.15) is 11.5 Å². The first-order valence-corrected chi connectivity index (χ1v) is 9.23. The summed E-state index contributed by atoms with van der Waals surface area (Å²) in [6, 6.07) is 5.68. The number of rotatable bonds is 5. The molecule has 0 radical (unpaired) electrons. The Bertz CT molecular complexity index is 587. The SMILES string of the molecule is COc1ccc(OC)c(NC(=O)N2CCC[C@H]2CN2CCCCC2)c1. The Morgan fingerprint density at radius 1 is 1.12 bits per heavy atom. The number of nitrogens with one attached hydrogen (secondary N) is 1. The van der Waals surface area contributed by atoms with Crippen molar-refractivity contribution in [1.29, 1.82) is 0 Å². The van der Waals surface area contributed by atoms with E-state index in [0.29, 0.717) is 23.2 Å². The van der Waals surface area contributed by atoms with E-state index in [9.17, 15) is 4.79 Å². The largest absolute Gasteiger partial charge is 0.497 e. The molecular weight excluding hydrogens is 318 g/mol. The number of benzene rings is 1. The Kier molecular flexibility index (Phi) is 6.02. The highest BCUT2D eigenvalue weighted by Crippen LogP contribution is 2.30. The normalized spacial score (nSPS) is 21.2. The molecule has 0 unspecified atom stereocenters. The maximum absolute atomic E-state index is 12.8. The molecule has 2 aliphatic heterocycles. The van der Waals surface area contributed by atoms with Crippen LogP contribution in [-0.4, -0.2) is 62.3 Å². The lowest BCUT2D eigenvalue weighted by Gasteiger charge is -2.33. The second kappa shape index (κ2) is 8.43. The van der Waals surface area contributed by atoms with E-state index in [1.807, 2.05) is 17.0 Å². The van der Waals surface area contributed by atoms with E-state index in [0.717, 1.165) is 39.0 Å². The quantitative estimate of drug-likeness (QED) is 0.889. The average Bonchev–Trinajstić information content (AvgIpc) is 3.10. The highest BCUT2D eigenvalue weighted by molar-refractivity contribution is 5.91. The molecule has 1 atom stereocenters. The van der Waals surface area contributed by atoms with Crippen LogP contribution in [0.3, 0.4) is 0 Å². The van der Waals surface area contributed by atoms with Crippen LogP contribution < -0.4 is 14.8 Å². The van der Waals surface area contributed by atoms with Gasteiger partial charge in [-0.1, -0.05) is 6.42 Å². The Morgan fingerprint density at radius 3 is 2.64 bits per heavy atom. The minimum atomic E-state index is -0.0499. The standard InChI is InChI=1S/C19H29N3O3/c1-24-16-8-9-18(25-2)17(13-16)20-19(23)22-12-6-7-15(22)14-21-10-4-3-5-11-21/h8-9,13,15H,3-7,10-12,14H2,1-2H3,(H,20,23)/t15-/m0/s1. The molecule has 0 aliphatic carbocycles. The summed E-state index contributed by atoms with van der Waals surface area (Å²) in [4.78, 5) is 17.3. The van der Waals surface area contributed by atoms with Crippen molar-refractivity contribution in [3.63, 3.8) is 0 Å². The zero-order chi connectivity index (χ0) is 17.6. The minimum absolute atomic E-state index is 0.0499. The molecular formula is C19H29N3O3. The van der Waals surface area contributed by atoms with Crippen molar-refractivity contribution in [2.24, 2.45) is 0 Å². The predicted molar refractivity (Wildman–Crippen MR) is 98.6 cm³/mol. The number of piperidine rings is 1. The lowest BCUT2D eigenvalue weighted by molar-refractivity contribution is 0.161. The van der Waals surface area contributed by atoms with E-state index in [4.69, 9.17) is 9.47 Å². The van der Waals surface area contributed by atoms with Crippen LogP contribution in [-0.2, 0) is 0 Å². The minimum Gasteiger partial charge on any atom is -0.497 e. The van der Waals surface area contributed by atoms with Crippen molar-refractivity contribution >= 4 is 11.7 Å². The number of likely N-dealkylation sites (tertiary alicyclic amines) is 2. The summed E-state index contributed by atoms with van der Waals surface area (Å²) in [5.74, 6) is 1.34. The van der Waals surface area contributed by atoms with E-state index in [-0.39, 0.29) is 6.03 Å². The number of carbonyl (C=O) groups is 1. The first-order chi connectivity index (χ1) is 12.2. The molecule has 2 saturated heterocycles. The van der Waals surface area contributed by atoms with Gasteiger partial charge in [0.25, 0.3) is 0 Å². The Balaban J connectivity index is 1.65. The van der Waals surface area contributed by atoms with Crippen LogP contribution in [0, 0.1) is 0 Å². The number of carbonyl (C=O) groups excluding carboxylic acids is 1. The van der Waals surface area contributed by atoms with Crippen LogP contribution in [0.4, 0.5) is 10.5 Å². The van der Waals surface area contributed by atoms with Gasteiger partial charge in [-0.3, -0.25) is 0 Å². The lowest BCUT2D eigenvalue weighted by atomic mass is 10.1. The van der Waals surface area contributed by atoms with Crippen molar-refractivity contribution in [1.82, 2.24) is 9.80 Å². The maximum Gasteiger partial charge on any atom is 0.322 e. The van der Waals surface area contributed by atoms with E-state index >= 15 is 0 Å². The molecule has 2 aliphatic rings. The third kappa shape index (κ3) is 4.37. The molecule has 1 aromatic carbocycles. The Hall–Kier alpha value is -1.95. The Labute approximate surface area is 150 Å². The summed E-state index contributed by atoms with van der Waals surface area (Å²) in [6.45, 7) is 4.13. The van der Waals surface area contributed by atoms with Gasteiger partial charge in [0, 0.05) is 25.2 Å². The van der Waals surface area contributed by atoms with Gasteiger partial charge in [0.2, 0.25) is 0 Å². The Morgan fingerprint density at radius 2 is 1.92 bits per heavy atom. The number of hydrogen-bond donors (Lipinski definition) is 1. The third-order valence-corrected chi connectivity index (χ3v) is 5.20. The predicted octanol–water partition coefficient (Wildman–Crippen LogP) is 3.19. The molecule has 138 valence electrons. The third-order valence-electron chi connectivity index (χ3n) is 5.20. The molecule has 6 nitrogen and oxygen atoms in total. The second-order valence-electron chi connectivity index (χ2n) is 6.85. The molecule has 0 saturated carbocycles. The first-order valence-electron chi connectivity index (χ1n) is 9.23. The van der Waals surface area contributed by atoms with Crippen LogP contribution in [0.2, 0.25) is 0 Å². The van der Waals surface area contributed by atoms with Crippen LogP contribution >= 0.6 is 0 Å². The summed E-state index contributed by atoms with van der Waals surface area (Å²) in [5, 5.41) is 3.01. The van der Waals surface area contributed by atoms with Crippen molar-refractivity contribution in [2.75, 3.05) is 45.7 Å². The fourth-order valence-electron chi connectivity index (χ4n) is 3.83. The average molecular weight is 347 g/mol. The topological polar surface area (TPSA) is 54.0 Å². The summed E-state index contributed by atoms with van der Waals surface area (Å²) in [5.41, 5.74) is 0.649. The van der Waals surface area contributed by atoms with E-state index in [1.165, 1.54) is 19.3 Å². The van der Waals surface area contributed by atoms with Crippen molar-refractivity contribution < 1.29 is 14.3 Å². The van der Waals surface area contributed by atoms with E-state index < -0.39 is 0 Å². The van der Waals surface area contributed by atoms with E-state index in [2.05, 4.69) is 10.2 Å².